The molecule has 8 heteroatoms. The highest BCUT2D eigenvalue weighted by Gasteiger charge is 2.50. The van der Waals surface area contributed by atoms with Gasteiger partial charge in [0.2, 0.25) is 0 Å². The molecule has 3 unspecified atom stereocenters. The number of amides is 1. The number of hydrogen-bond donors (Lipinski definition) is 0. The Labute approximate surface area is 159 Å². The Morgan fingerprint density at radius 1 is 1.19 bits per heavy atom. The summed E-state index contributed by atoms with van der Waals surface area (Å²) in [7, 11) is 1.77. The van der Waals surface area contributed by atoms with Crippen LogP contribution in [0.3, 0.4) is 0 Å². The average molecular weight is 370 g/mol. The number of carbonyl (C=O) groups excluding carboxylic acids is 1. The molecule has 1 aromatic carbocycles. The largest absolute Gasteiger partial charge is 0.444 e. The van der Waals surface area contributed by atoms with E-state index in [2.05, 4.69) is 32.4 Å². The van der Waals surface area contributed by atoms with Gasteiger partial charge in [0, 0.05) is 13.1 Å². The Hall–Kier alpha value is -2.48. The number of aromatic nitrogens is 4. The monoisotopic (exact) mass is 370 g/mol. The predicted molar refractivity (Wildman–Crippen MR) is 98.9 cm³/mol. The zero-order valence-corrected chi connectivity index (χ0v) is 16.2. The molecule has 4 heterocycles. The molecule has 3 saturated heterocycles. The summed E-state index contributed by atoms with van der Waals surface area (Å²) in [6, 6.07) is 10.5. The highest BCUT2D eigenvalue weighted by Crippen LogP contribution is 2.38. The van der Waals surface area contributed by atoms with Crippen LogP contribution in [-0.4, -0.2) is 66.9 Å². The Balaban J connectivity index is 1.54. The molecule has 1 amide bonds. The standard InChI is InChI=1S/C19H26N6O2/c1-19(2,3)27-18(26)25-14-10-15(25)12-24(11-14)16(13-8-6-5-7-9-13)17-20-22-23(4)21-17/h5-9,14-16H,10-12H2,1-4H3. The quantitative estimate of drug-likeness (QED) is 0.822. The first kappa shape index (κ1) is 17.9. The smallest absolute Gasteiger partial charge is 0.410 e. The zero-order chi connectivity index (χ0) is 19.2. The molecule has 3 fully saturated rings. The molecule has 3 aliphatic heterocycles. The minimum atomic E-state index is -0.475. The Kier molecular flexibility index (Phi) is 4.38. The van der Waals surface area contributed by atoms with E-state index < -0.39 is 5.60 Å². The first-order chi connectivity index (χ1) is 12.8. The number of piperazine rings is 1. The van der Waals surface area contributed by atoms with Crippen LogP contribution >= 0.6 is 0 Å². The maximum atomic E-state index is 12.5. The number of piperidine rings is 1. The molecule has 5 rings (SSSR count). The second-order valence-corrected chi connectivity index (χ2v) is 8.34. The van der Waals surface area contributed by atoms with Crippen LogP contribution in [0.25, 0.3) is 0 Å². The third kappa shape index (κ3) is 3.53. The lowest BCUT2D eigenvalue weighted by atomic mass is 9.86. The SMILES string of the molecule is Cn1nnc(C(c2ccccc2)N2CC3CC(C2)N3C(=O)OC(C)(C)C)n1. The summed E-state index contributed by atoms with van der Waals surface area (Å²) in [6.45, 7) is 7.24. The summed E-state index contributed by atoms with van der Waals surface area (Å²) in [4.78, 5) is 18.3. The molecule has 3 atom stereocenters. The van der Waals surface area contributed by atoms with Crippen LogP contribution in [0.15, 0.2) is 30.3 Å². The number of rotatable bonds is 3. The van der Waals surface area contributed by atoms with Gasteiger partial charge in [-0.15, -0.1) is 10.2 Å². The molecule has 2 bridgehead atoms. The van der Waals surface area contributed by atoms with E-state index in [1.807, 2.05) is 43.9 Å². The van der Waals surface area contributed by atoms with E-state index in [0.717, 1.165) is 25.1 Å². The summed E-state index contributed by atoms with van der Waals surface area (Å²) in [6.07, 6.45) is 0.808. The van der Waals surface area contributed by atoms with Crippen molar-refractivity contribution >= 4 is 6.09 Å². The van der Waals surface area contributed by atoms with Gasteiger partial charge in [-0.3, -0.25) is 9.80 Å². The van der Waals surface area contributed by atoms with Crippen molar-refractivity contribution in [3.8, 4) is 0 Å². The number of nitrogens with zero attached hydrogens (tertiary/aromatic N) is 6. The van der Waals surface area contributed by atoms with Crippen LogP contribution in [0.1, 0.15) is 44.6 Å². The van der Waals surface area contributed by atoms with Crippen LogP contribution < -0.4 is 0 Å². The molecule has 1 aromatic heterocycles. The number of tetrazole rings is 1. The van der Waals surface area contributed by atoms with E-state index >= 15 is 0 Å². The molecule has 0 spiro atoms. The molecule has 0 saturated carbocycles. The van der Waals surface area contributed by atoms with Crippen LogP contribution in [0.5, 0.6) is 0 Å². The highest BCUT2D eigenvalue weighted by molar-refractivity contribution is 5.70. The first-order valence-corrected chi connectivity index (χ1v) is 9.36. The van der Waals surface area contributed by atoms with E-state index in [1.54, 1.807) is 7.05 Å². The predicted octanol–water partition coefficient (Wildman–Crippen LogP) is 1.99. The number of hydrogen-bond acceptors (Lipinski definition) is 6. The fourth-order valence-electron chi connectivity index (χ4n) is 4.03. The number of aryl methyl sites for hydroxylation is 1. The number of ether oxygens (including phenoxy) is 1. The minimum Gasteiger partial charge on any atom is -0.444 e. The minimum absolute atomic E-state index is 0.0639. The summed E-state index contributed by atoms with van der Waals surface area (Å²) in [5.74, 6) is 0.689. The van der Waals surface area contributed by atoms with Crippen molar-refractivity contribution in [1.82, 2.24) is 30.0 Å². The maximum Gasteiger partial charge on any atom is 0.410 e. The molecule has 2 aromatic rings. The number of fused-ring (bicyclic) bond motifs is 2. The van der Waals surface area contributed by atoms with Gasteiger partial charge in [0.15, 0.2) is 5.82 Å². The fourth-order valence-corrected chi connectivity index (χ4v) is 4.03. The van der Waals surface area contributed by atoms with Gasteiger partial charge in [-0.25, -0.2) is 4.79 Å². The first-order valence-electron chi connectivity index (χ1n) is 9.36. The Morgan fingerprint density at radius 2 is 1.85 bits per heavy atom. The third-order valence-corrected chi connectivity index (χ3v) is 5.07. The molecule has 0 radical (unpaired) electrons. The normalized spacial score (nSPS) is 23.6. The van der Waals surface area contributed by atoms with Crippen molar-refractivity contribution in [2.45, 2.75) is 50.9 Å². The number of carbonyl (C=O) groups is 1. The van der Waals surface area contributed by atoms with Crippen LogP contribution in [0, 0.1) is 0 Å². The molecule has 0 aliphatic carbocycles. The van der Waals surface area contributed by atoms with Crippen LogP contribution in [0.4, 0.5) is 4.79 Å². The van der Waals surface area contributed by atoms with Crippen molar-refractivity contribution in [3.63, 3.8) is 0 Å². The topological polar surface area (TPSA) is 76.4 Å². The lowest BCUT2D eigenvalue weighted by Gasteiger charge is -2.56. The number of benzene rings is 1. The second kappa shape index (κ2) is 6.60. The van der Waals surface area contributed by atoms with Gasteiger partial charge < -0.3 is 4.74 Å². The van der Waals surface area contributed by atoms with Gasteiger partial charge >= 0.3 is 6.09 Å². The molecule has 27 heavy (non-hydrogen) atoms. The van der Waals surface area contributed by atoms with E-state index in [-0.39, 0.29) is 24.2 Å². The van der Waals surface area contributed by atoms with Crippen molar-refractivity contribution < 1.29 is 9.53 Å². The van der Waals surface area contributed by atoms with Gasteiger partial charge in [-0.1, -0.05) is 30.3 Å². The van der Waals surface area contributed by atoms with E-state index in [1.165, 1.54) is 4.80 Å². The molecular formula is C19H26N6O2. The average Bonchev–Trinajstić information content (AvgIpc) is 3.00. The van der Waals surface area contributed by atoms with Crippen molar-refractivity contribution in [3.05, 3.63) is 41.7 Å². The summed E-state index contributed by atoms with van der Waals surface area (Å²) < 4.78 is 5.58. The highest BCUT2D eigenvalue weighted by atomic mass is 16.6. The van der Waals surface area contributed by atoms with Gasteiger partial charge in [0.25, 0.3) is 0 Å². The molecule has 144 valence electrons. The van der Waals surface area contributed by atoms with Crippen LogP contribution in [-0.2, 0) is 11.8 Å². The van der Waals surface area contributed by atoms with E-state index in [4.69, 9.17) is 4.74 Å². The third-order valence-electron chi connectivity index (χ3n) is 5.07. The molecule has 0 N–H and O–H groups in total. The van der Waals surface area contributed by atoms with Gasteiger partial charge in [-0.2, -0.15) is 4.80 Å². The van der Waals surface area contributed by atoms with Gasteiger partial charge in [-0.05, 0) is 38.0 Å². The summed E-state index contributed by atoms with van der Waals surface area (Å²) in [5, 5.41) is 12.7. The summed E-state index contributed by atoms with van der Waals surface area (Å²) in [5.41, 5.74) is 0.659. The summed E-state index contributed by atoms with van der Waals surface area (Å²) >= 11 is 0. The fraction of sp³-hybridized carbons (Fsp3) is 0.579. The lowest BCUT2D eigenvalue weighted by Crippen LogP contribution is -2.70. The molecule has 8 nitrogen and oxygen atoms in total. The van der Waals surface area contributed by atoms with Gasteiger partial charge in [0.05, 0.1) is 25.2 Å². The van der Waals surface area contributed by atoms with E-state index in [9.17, 15) is 4.79 Å². The van der Waals surface area contributed by atoms with Crippen LogP contribution in [0.2, 0.25) is 0 Å². The molecule has 3 aliphatic rings. The maximum absolute atomic E-state index is 12.5. The Bertz CT molecular complexity index is 803. The Morgan fingerprint density at radius 3 is 2.41 bits per heavy atom. The van der Waals surface area contributed by atoms with Crippen molar-refractivity contribution in [2.75, 3.05) is 13.1 Å². The lowest BCUT2D eigenvalue weighted by molar-refractivity contribution is -0.0833. The van der Waals surface area contributed by atoms with E-state index in [0.29, 0.717) is 5.82 Å². The second-order valence-electron chi connectivity index (χ2n) is 8.34. The zero-order valence-electron chi connectivity index (χ0n) is 16.2. The van der Waals surface area contributed by atoms with Crippen molar-refractivity contribution in [2.24, 2.45) is 7.05 Å². The van der Waals surface area contributed by atoms with Gasteiger partial charge in [0.1, 0.15) is 5.60 Å². The van der Waals surface area contributed by atoms with Crippen molar-refractivity contribution in [1.29, 1.82) is 0 Å². The molecular weight excluding hydrogens is 344 g/mol.